The van der Waals surface area contributed by atoms with E-state index in [9.17, 15) is 4.79 Å². The van der Waals surface area contributed by atoms with Gasteiger partial charge < -0.3 is 10.6 Å². The third kappa shape index (κ3) is 4.00. The number of nitrogens with zero attached hydrogens (tertiary/aromatic N) is 3. The van der Waals surface area contributed by atoms with Crippen LogP contribution in [0.3, 0.4) is 0 Å². The second kappa shape index (κ2) is 6.62. The van der Waals surface area contributed by atoms with Crippen molar-refractivity contribution < 1.29 is 4.79 Å². The maximum absolute atomic E-state index is 11.9. The van der Waals surface area contributed by atoms with Gasteiger partial charge in [-0.15, -0.1) is 5.10 Å². The van der Waals surface area contributed by atoms with Crippen molar-refractivity contribution in [2.75, 3.05) is 12.4 Å². The van der Waals surface area contributed by atoms with Crippen LogP contribution in [0.5, 0.6) is 0 Å². The number of carbonyl (C=O) groups excluding carboxylic acids is 1. The summed E-state index contributed by atoms with van der Waals surface area (Å²) in [5.74, 6) is -0.120. The van der Waals surface area contributed by atoms with Crippen LogP contribution in [0.25, 0.3) is 0 Å². The molecule has 1 aromatic heterocycles. The molecule has 2 aromatic rings. The number of hydrogen-bond acceptors (Lipinski definition) is 4. The van der Waals surface area contributed by atoms with Crippen molar-refractivity contribution in [3.63, 3.8) is 0 Å². The average Bonchev–Trinajstić information content (AvgIpc) is 2.80. The van der Waals surface area contributed by atoms with Crippen molar-refractivity contribution in [3.8, 4) is 0 Å². The third-order valence-corrected chi connectivity index (χ3v) is 3.34. The fraction of sp³-hybridized carbons (Fsp3) is 0.250. The highest BCUT2D eigenvalue weighted by molar-refractivity contribution is 14.1. The summed E-state index contributed by atoms with van der Waals surface area (Å²) in [7, 11) is 1.84. The molecule has 0 aliphatic rings. The van der Waals surface area contributed by atoms with E-state index in [1.807, 2.05) is 31.3 Å². The molecule has 0 aliphatic heterocycles. The Bertz CT molecular complexity index is 569. The van der Waals surface area contributed by atoms with Gasteiger partial charge in [0.05, 0.1) is 17.6 Å². The molecule has 0 spiro atoms. The minimum Gasteiger partial charge on any atom is -0.324 e. The van der Waals surface area contributed by atoms with Crippen LogP contribution in [0.1, 0.15) is 5.69 Å². The van der Waals surface area contributed by atoms with Gasteiger partial charge in [0.1, 0.15) is 6.54 Å². The molecule has 0 fully saturated rings. The standard InChI is InChI=1S/C12H14IN5O/c1-14-6-9-7-18(17-16-9)8-12(19)15-11-5-3-2-4-10(11)13/h2-5,7,14H,6,8H2,1H3,(H,15,19). The van der Waals surface area contributed by atoms with Gasteiger partial charge in [0.2, 0.25) is 5.91 Å². The van der Waals surface area contributed by atoms with E-state index in [-0.39, 0.29) is 12.5 Å². The average molecular weight is 371 g/mol. The normalized spacial score (nSPS) is 10.4. The van der Waals surface area contributed by atoms with Gasteiger partial charge >= 0.3 is 0 Å². The lowest BCUT2D eigenvalue weighted by atomic mass is 10.3. The zero-order chi connectivity index (χ0) is 13.7. The Balaban J connectivity index is 1.95. The summed E-state index contributed by atoms with van der Waals surface area (Å²) in [5.41, 5.74) is 1.62. The molecule has 6 nitrogen and oxygen atoms in total. The number of carbonyl (C=O) groups is 1. The predicted octanol–water partition coefficient (Wildman–Crippen LogP) is 1.24. The molecule has 0 radical (unpaired) electrons. The van der Waals surface area contributed by atoms with Crippen molar-refractivity contribution in [1.82, 2.24) is 20.3 Å². The van der Waals surface area contributed by atoms with Gasteiger partial charge in [0, 0.05) is 10.1 Å². The van der Waals surface area contributed by atoms with Crippen LogP contribution < -0.4 is 10.6 Å². The Morgan fingerprint density at radius 3 is 2.95 bits per heavy atom. The minimum absolute atomic E-state index is 0.120. The molecule has 0 saturated heterocycles. The molecule has 0 unspecified atom stereocenters. The molecular weight excluding hydrogens is 357 g/mol. The zero-order valence-corrected chi connectivity index (χ0v) is 12.6. The van der Waals surface area contributed by atoms with E-state index in [2.05, 4.69) is 43.5 Å². The number of rotatable bonds is 5. The van der Waals surface area contributed by atoms with Crippen LogP contribution >= 0.6 is 22.6 Å². The molecule has 1 heterocycles. The Kier molecular flexibility index (Phi) is 4.86. The third-order valence-electron chi connectivity index (χ3n) is 2.40. The van der Waals surface area contributed by atoms with E-state index in [0.717, 1.165) is 15.0 Å². The number of para-hydroxylation sites is 1. The number of benzene rings is 1. The highest BCUT2D eigenvalue weighted by Gasteiger charge is 2.07. The summed E-state index contributed by atoms with van der Waals surface area (Å²) >= 11 is 2.18. The lowest BCUT2D eigenvalue weighted by molar-refractivity contribution is -0.116. The molecular formula is C12H14IN5O. The number of amides is 1. The van der Waals surface area contributed by atoms with E-state index < -0.39 is 0 Å². The van der Waals surface area contributed by atoms with Crippen molar-refractivity contribution in [3.05, 3.63) is 39.7 Å². The summed E-state index contributed by atoms with van der Waals surface area (Å²) in [4.78, 5) is 11.9. The maximum Gasteiger partial charge on any atom is 0.246 e. The first-order valence-corrected chi connectivity index (χ1v) is 6.85. The summed E-state index contributed by atoms with van der Waals surface area (Å²) in [6.07, 6.45) is 1.76. The number of halogens is 1. The molecule has 0 saturated carbocycles. The molecule has 19 heavy (non-hydrogen) atoms. The summed E-state index contributed by atoms with van der Waals surface area (Å²) in [6, 6.07) is 7.63. The Morgan fingerprint density at radius 2 is 2.21 bits per heavy atom. The fourth-order valence-corrected chi connectivity index (χ4v) is 2.10. The predicted molar refractivity (Wildman–Crippen MR) is 80.6 cm³/mol. The van der Waals surface area contributed by atoms with E-state index >= 15 is 0 Å². The minimum atomic E-state index is -0.120. The molecule has 100 valence electrons. The second-order valence-electron chi connectivity index (χ2n) is 3.97. The van der Waals surface area contributed by atoms with Gasteiger partial charge in [-0.1, -0.05) is 17.3 Å². The first-order chi connectivity index (χ1) is 9.19. The van der Waals surface area contributed by atoms with Crippen molar-refractivity contribution >= 4 is 34.2 Å². The molecule has 1 amide bonds. The molecule has 2 N–H and O–H groups in total. The van der Waals surface area contributed by atoms with E-state index in [4.69, 9.17) is 0 Å². The van der Waals surface area contributed by atoms with E-state index in [0.29, 0.717) is 6.54 Å². The molecule has 7 heteroatoms. The number of anilines is 1. The van der Waals surface area contributed by atoms with Gasteiger partial charge in [0.15, 0.2) is 0 Å². The van der Waals surface area contributed by atoms with Gasteiger partial charge in [-0.2, -0.15) is 0 Å². The van der Waals surface area contributed by atoms with Crippen LogP contribution in [-0.4, -0.2) is 27.9 Å². The highest BCUT2D eigenvalue weighted by atomic mass is 127. The Labute approximate surface area is 124 Å². The monoisotopic (exact) mass is 371 g/mol. The van der Waals surface area contributed by atoms with Crippen molar-refractivity contribution in [1.29, 1.82) is 0 Å². The Morgan fingerprint density at radius 1 is 1.42 bits per heavy atom. The van der Waals surface area contributed by atoms with Crippen LogP contribution in [0.2, 0.25) is 0 Å². The molecule has 2 rings (SSSR count). The lowest BCUT2D eigenvalue weighted by Crippen LogP contribution is -2.19. The summed E-state index contributed by atoms with van der Waals surface area (Å²) in [6.45, 7) is 0.792. The second-order valence-corrected chi connectivity index (χ2v) is 5.13. The van der Waals surface area contributed by atoms with Crippen molar-refractivity contribution in [2.24, 2.45) is 0 Å². The summed E-state index contributed by atoms with van der Waals surface area (Å²) < 4.78 is 2.53. The first kappa shape index (κ1) is 13.9. The SMILES string of the molecule is CNCc1cn(CC(=O)Nc2ccccc2I)nn1. The number of aromatic nitrogens is 3. The zero-order valence-electron chi connectivity index (χ0n) is 10.4. The fourth-order valence-electron chi connectivity index (χ4n) is 1.58. The molecule has 1 aromatic carbocycles. The van der Waals surface area contributed by atoms with Crippen molar-refractivity contribution in [2.45, 2.75) is 13.1 Å². The van der Waals surface area contributed by atoms with E-state index in [1.165, 1.54) is 4.68 Å². The largest absolute Gasteiger partial charge is 0.324 e. The van der Waals surface area contributed by atoms with Gasteiger partial charge in [-0.3, -0.25) is 4.79 Å². The van der Waals surface area contributed by atoms with Gasteiger partial charge in [0.25, 0.3) is 0 Å². The topological polar surface area (TPSA) is 71.8 Å². The lowest BCUT2D eigenvalue weighted by Gasteiger charge is -2.06. The smallest absolute Gasteiger partial charge is 0.246 e. The molecule has 0 bridgehead atoms. The number of nitrogens with one attached hydrogen (secondary N) is 2. The quantitative estimate of drug-likeness (QED) is 0.776. The van der Waals surface area contributed by atoms with Gasteiger partial charge in [-0.05, 0) is 41.8 Å². The molecule has 0 atom stereocenters. The van der Waals surface area contributed by atoms with Gasteiger partial charge in [-0.25, -0.2) is 4.68 Å². The van der Waals surface area contributed by atoms with Crippen LogP contribution in [0, 0.1) is 3.57 Å². The molecule has 0 aliphatic carbocycles. The highest BCUT2D eigenvalue weighted by Crippen LogP contribution is 2.16. The maximum atomic E-state index is 11.9. The van der Waals surface area contributed by atoms with Crippen LogP contribution in [-0.2, 0) is 17.9 Å². The van der Waals surface area contributed by atoms with Crippen LogP contribution in [0.4, 0.5) is 5.69 Å². The van der Waals surface area contributed by atoms with Crippen LogP contribution in [0.15, 0.2) is 30.5 Å². The first-order valence-electron chi connectivity index (χ1n) is 5.77. The number of hydrogen-bond donors (Lipinski definition) is 2. The Hall–Kier alpha value is -1.48. The van der Waals surface area contributed by atoms with E-state index in [1.54, 1.807) is 6.20 Å². The summed E-state index contributed by atoms with van der Waals surface area (Å²) in [5, 5.41) is 13.7.